The summed E-state index contributed by atoms with van der Waals surface area (Å²) in [6, 6.07) is 1.57. The quantitative estimate of drug-likeness (QED) is 0.493. The lowest BCUT2D eigenvalue weighted by molar-refractivity contribution is -0.385. The van der Waals surface area contributed by atoms with Crippen molar-refractivity contribution in [2.24, 2.45) is 0 Å². The van der Waals surface area contributed by atoms with Gasteiger partial charge in [-0.25, -0.2) is 12.8 Å². The van der Waals surface area contributed by atoms with Crippen molar-refractivity contribution in [2.75, 3.05) is 0 Å². The zero-order valence-corrected chi connectivity index (χ0v) is 11.5. The summed E-state index contributed by atoms with van der Waals surface area (Å²) in [5, 5.41) is 10.5. The molecule has 6 nitrogen and oxygen atoms in total. The number of rotatable bonds is 6. The second kappa shape index (κ2) is 6.45. The molecule has 0 saturated carbocycles. The van der Waals surface area contributed by atoms with Gasteiger partial charge in [-0.05, 0) is 12.5 Å². The van der Waals surface area contributed by atoms with Crippen LogP contribution in [-0.2, 0) is 10.0 Å². The first-order valence-electron chi connectivity index (χ1n) is 5.74. The van der Waals surface area contributed by atoms with Crippen LogP contribution in [0.4, 0.5) is 10.1 Å². The first-order chi connectivity index (χ1) is 9.31. The Morgan fingerprint density at radius 1 is 1.55 bits per heavy atom. The second-order valence-electron chi connectivity index (χ2n) is 4.00. The molecule has 0 aromatic heterocycles. The van der Waals surface area contributed by atoms with Crippen LogP contribution in [-0.4, -0.2) is 19.4 Å². The van der Waals surface area contributed by atoms with E-state index >= 15 is 0 Å². The summed E-state index contributed by atoms with van der Waals surface area (Å²) in [7, 11) is -4.16. The van der Waals surface area contributed by atoms with E-state index in [9.17, 15) is 22.9 Å². The number of nitrogens with one attached hydrogen (secondary N) is 1. The molecule has 1 unspecified atom stereocenters. The molecule has 20 heavy (non-hydrogen) atoms. The second-order valence-corrected chi connectivity index (χ2v) is 5.68. The fourth-order valence-electron chi connectivity index (χ4n) is 1.54. The Bertz CT molecular complexity index is 652. The predicted molar refractivity (Wildman–Crippen MR) is 70.9 cm³/mol. The molecule has 0 heterocycles. The number of non-ortho nitro benzene ring substituents is 1. The maximum absolute atomic E-state index is 13.7. The number of terminal acetylenes is 1. The summed E-state index contributed by atoms with van der Waals surface area (Å²) in [6.07, 6.45) is 6.25. The lowest BCUT2D eigenvalue weighted by atomic mass is 10.2. The van der Waals surface area contributed by atoms with Crippen LogP contribution in [0.1, 0.15) is 19.8 Å². The van der Waals surface area contributed by atoms with Gasteiger partial charge < -0.3 is 0 Å². The molecule has 0 aliphatic rings. The van der Waals surface area contributed by atoms with Gasteiger partial charge in [0.1, 0.15) is 10.7 Å². The van der Waals surface area contributed by atoms with Crippen LogP contribution in [0.2, 0.25) is 0 Å². The first kappa shape index (κ1) is 16.1. The van der Waals surface area contributed by atoms with Crippen molar-refractivity contribution in [2.45, 2.75) is 30.7 Å². The lowest BCUT2D eigenvalue weighted by Gasteiger charge is -2.12. The minimum absolute atomic E-state index is 0.407. The molecule has 1 aromatic carbocycles. The normalized spacial score (nSPS) is 12.7. The average Bonchev–Trinajstić information content (AvgIpc) is 2.37. The fraction of sp³-hybridized carbons (Fsp3) is 0.333. The van der Waals surface area contributed by atoms with E-state index in [0.29, 0.717) is 18.9 Å². The van der Waals surface area contributed by atoms with Gasteiger partial charge in [0.15, 0.2) is 0 Å². The molecule has 1 N–H and O–H groups in total. The Morgan fingerprint density at radius 3 is 2.65 bits per heavy atom. The number of halogens is 1. The van der Waals surface area contributed by atoms with Crippen molar-refractivity contribution in [3.8, 4) is 12.3 Å². The SMILES string of the molecule is C#CC(CCC)NS(=O)(=O)c1ccc([N+](=O)[O-])cc1F. The van der Waals surface area contributed by atoms with E-state index in [-0.39, 0.29) is 0 Å². The van der Waals surface area contributed by atoms with Gasteiger partial charge in [-0.3, -0.25) is 10.1 Å². The van der Waals surface area contributed by atoms with E-state index in [4.69, 9.17) is 6.42 Å². The molecule has 0 aliphatic carbocycles. The third-order valence-electron chi connectivity index (χ3n) is 2.49. The molecule has 108 valence electrons. The van der Waals surface area contributed by atoms with Crippen molar-refractivity contribution < 1.29 is 17.7 Å². The minimum Gasteiger partial charge on any atom is -0.258 e. The van der Waals surface area contributed by atoms with Crippen LogP contribution in [0.5, 0.6) is 0 Å². The Labute approximate surface area is 116 Å². The van der Waals surface area contributed by atoms with Crippen LogP contribution in [0.3, 0.4) is 0 Å². The van der Waals surface area contributed by atoms with Gasteiger partial charge in [0.25, 0.3) is 5.69 Å². The smallest absolute Gasteiger partial charge is 0.258 e. The molecular weight excluding hydrogens is 287 g/mol. The average molecular weight is 300 g/mol. The number of nitro benzene ring substituents is 1. The van der Waals surface area contributed by atoms with E-state index in [1.54, 1.807) is 0 Å². The Kier molecular flexibility index (Phi) is 5.19. The molecule has 0 fully saturated rings. The summed E-state index contributed by atoms with van der Waals surface area (Å²) < 4.78 is 39.8. The Hall–Kier alpha value is -1.98. The zero-order chi connectivity index (χ0) is 15.3. The van der Waals surface area contributed by atoms with Gasteiger partial charge >= 0.3 is 0 Å². The van der Waals surface area contributed by atoms with Crippen LogP contribution in [0, 0.1) is 28.3 Å². The minimum atomic E-state index is -4.16. The predicted octanol–water partition coefficient (Wildman–Crippen LogP) is 1.81. The van der Waals surface area contributed by atoms with Crippen molar-refractivity contribution in [1.29, 1.82) is 0 Å². The number of nitrogens with zero attached hydrogens (tertiary/aromatic N) is 1. The topological polar surface area (TPSA) is 89.3 Å². The number of hydrogen-bond donors (Lipinski definition) is 1. The van der Waals surface area contributed by atoms with Gasteiger partial charge in [0, 0.05) is 6.07 Å². The van der Waals surface area contributed by atoms with E-state index < -0.39 is 37.4 Å². The molecule has 1 rings (SSSR count). The number of sulfonamides is 1. The summed E-state index contributed by atoms with van der Waals surface area (Å²) in [4.78, 5) is 8.99. The van der Waals surface area contributed by atoms with Crippen LogP contribution < -0.4 is 4.72 Å². The van der Waals surface area contributed by atoms with Gasteiger partial charge in [-0.2, -0.15) is 4.72 Å². The highest BCUT2D eigenvalue weighted by Gasteiger charge is 2.23. The maximum atomic E-state index is 13.7. The van der Waals surface area contributed by atoms with Gasteiger partial charge in [0.05, 0.1) is 17.0 Å². The molecular formula is C12H13FN2O4S. The third-order valence-corrected chi connectivity index (χ3v) is 4.00. The molecule has 0 radical (unpaired) electrons. The van der Waals surface area contributed by atoms with Crippen molar-refractivity contribution >= 4 is 15.7 Å². The molecule has 0 aliphatic heterocycles. The number of benzene rings is 1. The Balaban J connectivity index is 3.10. The largest absolute Gasteiger partial charge is 0.272 e. The summed E-state index contributed by atoms with van der Waals surface area (Å²) >= 11 is 0. The molecule has 0 bridgehead atoms. The number of nitro groups is 1. The van der Waals surface area contributed by atoms with Crippen molar-refractivity contribution in [3.05, 3.63) is 34.1 Å². The molecule has 1 aromatic rings. The first-order valence-corrected chi connectivity index (χ1v) is 7.22. The Morgan fingerprint density at radius 2 is 2.20 bits per heavy atom. The van der Waals surface area contributed by atoms with Gasteiger partial charge in [-0.15, -0.1) is 6.42 Å². The number of hydrogen-bond acceptors (Lipinski definition) is 4. The van der Waals surface area contributed by atoms with Gasteiger partial charge in [-0.1, -0.05) is 19.3 Å². The standard InChI is InChI=1S/C12H13FN2O4S/c1-3-5-9(4-2)14-20(18,19)12-7-6-10(15(16)17)8-11(12)13/h2,6-9,14H,3,5H2,1H3. The fourth-order valence-corrected chi connectivity index (χ4v) is 2.79. The van der Waals surface area contributed by atoms with Crippen molar-refractivity contribution in [3.63, 3.8) is 0 Å². The summed E-state index contributed by atoms with van der Waals surface area (Å²) in [6.45, 7) is 1.82. The molecule has 0 spiro atoms. The van der Waals surface area contributed by atoms with Crippen LogP contribution in [0.25, 0.3) is 0 Å². The zero-order valence-electron chi connectivity index (χ0n) is 10.7. The third kappa shape index (κ3) is 3.76. The van der Waals surface area contributed by atoms with Crippen LogP contribution >= 0.6 is 0 Å². The molecule has 8 heteroatoms. The highest BCUT2D eigenvalue weighted by Crippen LogP contribution is 2.20. The monoisotopic (exact) mass is 300 g/mol. The highest BCUT2D eigenvalue weighted by atomic mass is 32.2. The molecule has 1 atom stereocenters. The molecule has 0 saturated heterocycles. The van der Waals surface area contributed by atoms with E-state index in [0.717, 1.165) is 12.1 Å². The van der Waals surface area contributed by atoms with E-state index in [1.165, 1.54) is 0 Å². The highest BCUT2D eigenvalue weighted by molar-refractivity contribution is 7.89. The van der Waals surface area contributed by atoms with Crippen molar-refractivity contribution in [1.82, 2.24) is 4.72 Å². The summed E-state index contributed by atoms with van der Waals surface area (Å²) in [5.74, 6) is 1.06. The maximum Gasteiger partial charge on any atom is 0.272 e. The van der Waals surface area contributed by atoms with Gasteiger partial charge in [0.2, 0.25) is 10.0 Å². The van der Waals surface area contributed by atoms with E-state index in [1.807, 2.05) is 6.92 Å². The van der Waals surface area contributed by atoms with Crippen LogP contribution in [0.15, 0.2) is 23.1 Å². The lowest BCUT2D eigenvalue weighted by Crippen LogP contribution is -2.34. The summed E-state index contributed by atoms with van der Waals surface area (Å²) in [5.41, 5.74) is -0.525. The molecule has 0 amide bonds. The van der Waals surface area contributed by atoms with E-state index in [2.05, 4.69) is 10.6 Å².